The molecule has 0 spiro atoms. The number of aldehydes is 1. The Hall–Kier alpha value is -1.94. The summed E-state index contributed by atoms with van der Waals surface area (Å²) in [4.78, 5) is 10.8. The summed E-state index contributed by atoms with van der Waals surface area (Å²) in [5.74, 6) is -1.03. The van der Waals surface area contributed by atoms with Crippen LogP contribution >= 0.6 is 11.6 Å². The van der Waals surface area contributed by atoms with E-state index in [1.54, 1.807) is 0 Å². The van der Waals surface area contributed by atoms with Crippen molar-refractivity contribution in [2.75, 3.05) is 0 Å². The van der Waals surface area contributed by atoms with E-state index >= 15 is 0 Å². The predicted octanol–water partition coefficient (Wildman–Crippen LogP) is 4.22. The van der Waals surface area contributed by atoms with Gasteiger partial charge >= 0.3 is 0 Å². The zero-order chi connectivity index (χ0) is 13.1. The van der Waals surface area contributed by atoms with E-state index in [1.165, 1.54) is 18.2 Å². The van der Waals surface area contributed by atoms with Crippen LogP contribution in [0.2, 0.25) is 5.02 Å². The minimum absolute atomic E-state index is 0.0264. The molecule has 0 atom stereocenters. The largest absolute Gasteiger partial charge is 0.455 e. The highest BCUT2D eigenvalue weighted by atomic mass is 35.5. The molecule has 0 heterocycles. The van der Waals surface area contributed by atoms with Crippen molar-refractivity contribution >= 4 is 17.9 Å². The van der Waals surface area contributed by atoms with Crippen molar-refractivity contribution in [1.29, 1.82) is 0 Å². The fourth-order valence-corrected chi connectivity index (χ4v) is 1.60. The molecule has 92 valence electrons. The van der Waals surface area contributed by atoms with Crippen LogP contribution in [0.3, 0.4) is 0 Å². The van der Waals surface area contributed by atoms with Gasteiger partial charge in [-0.2, -0.15) is 0 Å². The van der Waals surface area contributed by atoms with E-state index in [0.717, 1.165) is 18.2 Å². The van der Waals surface area contributed by atoms with Crippen molar-refractivity contribution in [3.05, 3.63) is 58.6 Å². The molecule has 2 rings (SSSR count). The molecule has 2 aromatic carbocycles. The van der Waals surface area contributed by atoms with Crippen molar-refractivity contribution in [3.8, 4) is 11.5 Å². The van der Waals surface area contributed by atoms with Crippen LogP contribution in [0.25, 0.3) is 0 Å². The Labute approximate surface area is 107 Å². The Kier molecular flexibility index (Phi) is 3.58. The minimum atomic E-state index is -0.694. The normalized spacial score (nSPS) is 10.2. The van der Waals surface area contributed by atoms with Gasteiger partial charge in [-0.3, -0.25) is 4.79 Å². The number of benzene rings is 2. The van der Waals surface area contributed by atoms with E-state index in [1.807, 2.05) is 0 Å². The van der Waals surface area contributed by atoms with Crippen molar-refractivity contribution in [1.82, 2.24) is 0 Å². The maximum Gasteiger partial charge on any atom is 0.156 e. The van der Waals surface area contributed by atoms with Crippen LogP contribution in [0.1, 0.15) is 10.4 Å². The third kappa shape index (κ3) is 2.49. The van der Waals surface area contributed by atoms with E-state index in [9.17, 15) is 13.6 Å². The van der Waals surface area contributed by atoms with Crippen molar-refractivity contribution in [3.63, 3.8) is 0 Å². The topological polar surface area (TPSA) is 26.3 Å². The van der Waals surface area contributed by atoms with E-state index in [4.69, 9.17) is 16.3 Å². The molecule has 2 aromatic rings. The molecule has 0 saturated heterocycles. The number of carbonyl (C=O) groups is 1. The number of hydrogen-bond acceptors (Lipinski definition) is 2. The van der Waals surface area contributed by atoms with Crippen LogP contribution in [0.5, 0.6) is 11.5 Å². The summed E-state index contributed by atoms with van der Waals surface area (Å²) in [7, 11) is 0. The molecule has 2 nitrogen and oxygen atoms in total. The van der Waals surface area contributed by atoms with E-state index in [2.05, 4.69) is 0 Å². The second kappa shape index (κ2) is 5.14. The van der Waals surface area contributed by atoms with Crippen LogP contribution in [0, 0.1) is 11.6 Å². The molecule has 0 aromatic heterocycles. The minimum Gasteiger partial charge on any atom is -0.455 e. The predicted molar refractivity (Wildman–Crippen MR) is 63.3 cm³/mol. The summed E-state index contributed by atoms with van der Waals surface area (Å²) in [6.07, 6.45) is 0.349. The molecule has 0 aliphatic heterocycles. The molecule has 0 fully saturated rings. The van der Waals surface area contributed by atoms with E-state index < -0.39 is 11.6 Å². The second-order valence-electron chi connectivity index (χ2n) is 3.45. The maximum atomic E-state index is 13.3. The van der Waals surface area contributed by atoms with Gasteiger partial charge in [0.05, 0.1) is 10.6 Å². The average molecular weight is 269 g/mol. The Balaban J connectivity index is 2.40. The van der Waals surface area contributed by atoms with Crippen LogP contribution < -0.4 is 4.74 Å². The van der Waals surface area contributed by atoms with Crippen molar-refractivity contribution in [2.45, 2.75) is 0 Å². The van der Waals surface area contributed by atoms with Gasteiger partial charge in [-0.15, -0.1) is 0 Å². The molecular weight excluding hydrogens is 262 g/mol. The van der Waals surface area contributed by atoms with Crippen molar-refractivity contribution in [2.24, 2.45) is 0 Å². The quantitative estimate of drug-likeness (QED) is 0.779. The molecule has 0 aliphatic rings. The number of ether oxygens (including phenoxy) is 1. The Morgan fingerprint density at radius 3 is 2.56 bits per heavy atom. The average Bonchev–Trinajstić information content (AvgIpc) is 2.33. The molecule has 0 bridgehead atoms. The smallest absolute Gasteiger partial charge is 0.156 e. The summed E-state index contributed by atoms with van der Waals surface area (Å²) < 4.78 is 31.5. The first kappa shape index (κ1) is 12.5. The van der Waals surface area contributed by atoms with Gasteiger partial charge in [-0.05, 0) is 30.3 Å². The number of rotatable bonds is 3. The first-order valence-electron chi connectivity index (χ1n) is 4.98. The van der Waals surface area contributed by atoms with Gasteiger partial charge in [0, 0.05) is 0 Å². The molecule has 0 N–H and O–H groups in total. The highest BCUT2D eigenvalue weighted by Crippen LogP contribution is 2.31. The van der Waals surface area contributed by atoms with E-state index in [0.29, 0.717) is 6.29 Å². The highest BCUT2D eigenvalue weighted by molar-refractivity contribution is 6.32. The van der Waals surface area contributed by atoms with Crippen LogP contribution in [-0.2, 0) is 0 Å². The van der Waals surface area contributed by atoms with Gasteiger partial charge in [0.25, 0.3) is 0 Å². The summed E-state index contributed by atoms with van der Waals surface area (Å²) in [5.41, 5.74) is -0.210. The van der Waals surface area contributed by atoms with Gasteiger partial charge in [0.15, 0.2) is 6.29 Å². The van der Waals surface area contributed by atoms with Gasteiger partial charge in [-0.25, -0.2) is 8.78 Å². The zero-order valence-electron chi connectivity index (χ0n) is 8.99. The lowest BCUT2D eigenvalue weighted by molar-refractivity contribution is 0.111. The summed E-state index contributed by atoms with van der Waals surface area (Å²) in [6.45, 7) is 0. The molecule has 0 amide bonds. The summed E-state index contributed by atoms with van der Waals surface area (Å²) in [5, 5.41) is 0.0381. The Bertz CT molecular complexity index is 600. The first-order chi connectivity index (χ1) is 8.61. The fourth-order valence-electron chi connectivity index (χ4n) is 1.40. The lowest BCUT2D eigenvalue weighted by Gasteiger charge is -2.09. The molecular formula is C13H7ClF2O2. The summed E-state index contributed by atoms with van der Waals surface area (Å²) >= 11 is 5.77. The number of carbonyl (C=O) groups excluding carboxylic acids is 1. The molecule has 0 unspecified atom stereocenters. The number of halogens is 3. The highest BCUT2D eigenvalue weighted by Gasteiger charge is 2.11. The lowest BCUT2D eigenvalue weighted by Crippen LogP contribution is -1.94. The van der Waals surface area contributed by atoms with Crippen LogP contribution in [0.15, 0.2) is 36.4 Å². The van der Waals surface area contributed by atoms with Gasteiger partial charge < -0.3 is 4.74 Å². The third-order valence-corrected chi connectivity index (χ3v) is 2.54. The fraction of sp³-hybridized carbons (Fsp3) is 0. The maximum absolute atomic E-state index is 13.3. The molecule has 0 saturated carbocycles. The molecule has 0 radical (unpaired) electrons. The first-order valence-corrected chi connectivity index (χ1v) is 5.36. The van der Waals surface area contributed by atoms with E-state index in [-0.39, 0.29) is 22.1 Å². The molecule has 18 heavy (non-hydrogen) atoms. The monoisotopic (exact) mass is 268 g/mol. The Morgan fingerprint density at radius 2 is 1.89 bits per heavy atom. The zero-order valence-corrected chi connectivity index (χ0v) is 9.75. The van der Waals surface area contributed by atoms with Gasteiger partial charge in [0.1, 0.15) is 23.1 Å². The summed E-state index contributed by atoms with van der Waals surface area (Å²) in [6, 6.07) is 7.49. The van der Waals surface area contributed by atoms with Crippen LogP contribution in [0.4, 0.5) is 8.78 Å². The SMILES string of the molecule is O=Cc1c(F)cccc1Oc1ccc(F)cc1Cl. The Morgan fingerprint density at radius 1 is 1.11 bits per heavy atom. The van der Waals surface area contributed by atoms with Crippen LogP contribution in [-0.4, -0.2) is 6.29 Å². The lowest BCUT2D eigenvalue weighted by atomic mass is 10.2. The third-order valence-electron chi connectivity index (χ3n) is 2.24. The molecule has 0 aliphatic carbocycles. The van der Waals surface area contributed by atoms with Crippen molar-refractivity contribution < 1.29 is 18.3 Å². The molecule has 5 heteroatoms. The second-order valence-corrected chi connectivity index (χ2v) is 3.85. The van der Waals surface area contributed by atoms with Gasteiger partial charge in [-0.1, -0.05) is 17.7 Å². The van der Waals surface area contributed by atoms with Gasteiger partial charge in [0.2, 0.25) is 0 Å². The number of hydrogen-bond donors (Lipinski definition) is 0. The standard InChI is InChI=1S/C13H7ClF2O2/c14-10-6-8(15)4-5-13(10)18-12-3-1-2-11(16)9(12)7-17/h1-7H.